The lowest BCUT2D eigenvalue weighted by atomic mass is 9.96. The number of rotatable bonds is 11. The van der Waals surface area contributed by atoms with Crippen LogP contribution in [0.15, 0.2) is 84.0 Å². The lowest BCUT2D eigenvalue weighted by Crippen LogP contribution is -2.26. The Kier molecular flexibility index (Phi) is 8.29. The van der Waals surface area contributed by atoms with Crippen LogP contribution in [0.2, 0.25) is 0 Å². The first-order chi connectivity index (χ1) is 19.0. The van der Waals surface area contributed by atoms with Crippen LogP contribution in [0, 0.1) is 5.92 Å². The molecular weight excluding hydrogens is 490 g/mol. The summed E-state index contributed by atoms with van der Waals surface area (Å²) in [5, 5.41) is 13.1. The predicted molar refractivity (Wildman–Crippen MR) is 154 cm³/mol. The lowest BCUT2D eigenvalue weighted by Gasteiger charge is -2.16. The molecule has 39 heavy (non-hydrogen) atoms. The van der Waals surface area contributed by atoms with Crippen LogP contribution in [0.25, 0.3) is 22.2 Å². The second kappa shape index (κ2) is 12.2. The molecule has 2 aromatic carbocycles. The first-order valence-electron chi connectivity index (χ1n) is 13.2. The Morgan fingerprint density at radius 2 is 1.90 bits per heavy atom. The molecule has 0 saturated heterocycles. The Bertz CT molecular complexity index is 1510. The quantitative estimate of drug-likeness (QED) is 0.290. The average molecular weight is 526 g/mol. The van der Waals surface area contributed by atoms with Crippen molar-refractivity contribution < 1.29 is 9.47 Å². The molecule has 0 N–H and O–H groups in total. The van der Waals surface area contributed by atoms with Gasteiger partial charge in [-0.3, -0.25) is 9.67 Å². The highest BCUT2D eigenvalue weighted by Crippen LogP contribution is 2.24. The Morgan fingerprint density at radius 3 is 2.72 bits per heavy atom. The molecule has 5 rings (SSSR count). The van der Waals surface area contributed by atoms with Crippen molar-refractivity contribution in [3.05, 3.63) is 90.1 Å². The SMILES string of the molecule is COCCN(C)CCOC1=CN=C(c2cccc(Cn3nnc4ccc(-c5cnn(C)c5)cc43)c2)C(C)C=C1. The summed E-state index contributed by atoms with van der Waals surface area (Å²) in [7, 11) is 5.70. The molecule has 0 fully saturated rings. The van der Waals surface area contributed by atoms with Gasteiger partial charge in [0, 0.05) is 44.9 Å². The normalized spacial score (nSPS) is 15.5. The first-order valence-corrected chi connectivity index (χ1v) is 13.2. The third kappa shape index (κ3) is 6.50. The van der Waals surface area contributed by atoms with Gasteiger partial charge >= 0.3 is 0 Å². The molecule has 0 aliphatic carbocycles. The summed E-state index contributed by atoms with van der Waals surface area (Å²) in [5.41, 5.74) is 7.24. The van der Waals surface area contributed by atoms with Gasteiger partial charge in [0.05, 0.1) is 36.8 Å². The minimum atomic E-state index is 0.149. The zero-order chi connectivity index (χ0) is 27.2. The standard InChI is InChI=1S/C30H35N7O2/c1-22-8-10-27(39-15-13-35(2)12-14-38-4)19-31-30(22)25-7-5-6-23(16-25)20-37-29-17-24(9-11-28(29)33-34-37)26-18-32-36(3)21-26/h5-11,16-19,21-22H,12-15,20H2,1-4H3. The summed E-state index contributed by atoms with van der Waals surface area (Å²) in [6.07, 6.45) is 9.86. The number of benzene rings is 2. The van der Waals surface area contributed by atoms with Crippen LogP contribution in [0.4, 0.5) is 0 Å². The van der Waals surface area contributed by atoms with Gasteiger partial charge in [0.2, 0.25) is 0 Å². The number of nitrogens with zero attached hydrogens (tertiary/aromatic N) is 7. The van der Waals surface area contributed by atoms with E-state index in [0.717, 1.165) is 57.8 Å². The monoisotopic (exact) mass is 525 g/mol. The van der Waals surface area contributed by atoms with Crippen LogP contribution >= 0.6 is 0 Å². The molecule has 1 aliphatic heterocycles. The third-order valence-corrected chi connectivity index (χ3v) is 6.84. The average Bonchev–Trinajstić information content (AvgIpc) is 3.50. The Balaban J connectivity index is 1.31. The van der Waals surface area contributed by atoms with Gasteiger partial charge < -0.3 is 14.4 Å². The number of aromatic nitrogens is 5. The van der Waals surface area contributed by atoms with Crippen molar-refractivity contribution in [1.82, 2.24) is 29.7 Å². The lowest BCUT2D eigenvalue weighted by molar-refractivity contribution is 0.136. The number of hydrogen-bond donors (Lipinski definition) is 0. The van der Waals surface area contributed by atoms with Crippen molar-refractivity contribution in [2.75, 3.05) is 40.5 Å². The van der Waals surface area contributed by atoms with Crippen LogP contribution in [-0.2, 0) is 23.1 Å². The summed E-state index contributed by atoms with van der Waals surface area (Å²) in [6, 6.07) is 14.7. The van der Waals surface area contributed by atoms with E-state index in [2.05, 4.69) is 76.8 Å². The van der Waals surface area contributed by atoms with Crippen LogP contribution in [0.1, 0.15) is 18.1 Å². The molecule has 202 valence electrons. The zero-order valence-electron chi connectivity index (χ0n) is 23.0. The highest BCUT2D eigenvalue weighted by molar-refractivity contribution is 6.03. The van der Waals surface area contributed by atoms with E-state index < -0.39 is 0 Å². The van der Waals surface area contributed by atoms with Crippen molar-refractivity contribution in [2.24, 2.45) is 18.0 Å². The minimum absolute atomic E-state index is 0.149. The highest BCUT2D eigenvalue weighted by Gasteiger charge is 2.15. The summed E-state index contributed by atoms with van der Waals surface area (Å²) >= 11 is 0. The molecule has 0 amide bonds. The number of ether oxygens (including phenoxy) is 2. The topological polar surface area (TPSA) is 82.6 Å². The van der Waals surface area contributed by atoms with Crippen molar-refractivity contribution in [1.29, 1.82) is 0 Å². The maximum atomic E-state index is 5.98. The maximum Gasteiger partial charge on any atom is 0.137 e. The van der Waals surface area contributed by atoms with Crippen molar-refractivity contribution >= 4 is 16.7 Å². The molecule has 1 unspecified atom stereocenters. The van der Waals surface area contributed by atoms with Gasteiger partial charge in [0.1, 0.15) is 17.9 Å². The van der Waals surface area contributed by atoms with E-state index >= 15 is 0 Å². The number of likely N-dealkylation sites (N-methyl/N-ethyl adjacent to an activating group) is 1. The molecule has 0 spiro atoms. The number of allylic oxidation sites excluding steroid dienone is 2. The molecule has 1 aliphatic rings. The fourth-order valence-electron chi connectivity index (χ4n) is 4.56. The number of hydrogen-bond acceptors (Lipinski definition) is 7. The molecule has 2 aromatic heterocycles. The molecule has 0 radical (unpaired) electrons. The molecule has 1 atom stereocenters. The van der Waals surface area contributed by atoms with Gasteiger partial charge in [-0.2, -0.15) is 5.10 Å². The summed E-state index contributed by atoms with van der Waals surface area (Å²) in [5.74, 6) is 0.919. The van der Waals surface area contributed by atoms with Gasteiger partial charge in [-0.15, -0.1) is 5.10 Å². The van der Waals surface area contributed by atoms with E-state index in [0.29, 0.717) is 19.8 Å². The van der Waals surface area contributed by atoms with Gasteiger partial charge in [-0.05, 0) is 48.0 Å². The van der Waals surface area contributed by atoms with Crippen molar-refractivity contribution in [3.63, 3.8) is 0 Å². The molecule has 4 aromatic rings. The fourth-order valence-corrected chi connectivity index (χ4v) is 4.56. The Morgan fingerprint density at radius 1 is 1.03 bits per heavy atom. The molecule has 9 nitrogen and oxygen atoms in total. The van der Waals surface area contributed by atoms with Gasteiger partial charge in [-0.25, -0.2) is 4.68 Å². The molecular formula is C30H35N7O2. The molecule has 0 saturated carbocycles. The van der Waals surface area contributed by atoms with Crippen LogP contribution in [-0.4, -0.2) is 75.8 Å². The molecule has 9 heteroatoms. The summed E-state index contributed by atoms with van der Waals surface area (Å²) < 4.78 is 14.9. The largest absolute Gasteiger partial charge is 0.491 e. The van der Waals surface area contributed by atoms with Crippen molar-refractivity contribution in [2.45, 2.75) is 13.5 Å². The summed E-state index contributed by atoms with van der Waals surface area (Å²) in [6.45, 7) is 5.77. The van der Waals surface area contributed by atoms with Gasteiger partial charge in [0.25, 0.3) is 0 Å². The zero-order valence-corrected chi connectivity index (χ0v) is 23.0. The van der Waals surface area contributed by atoms with E-state index in [1.807, 2.05) is 42.5 Å². The smallest absolute Gasteiger partial charge is 0.137 e. The Labute approximate surface area is 229 Å². The van der Waals surface area contributed by atoms with Crippen LogP contribution < -0.4 is 0 Å². The summed E-state index contributed by atoms with van der Waals surface area (Å²) in [4.78, 5) is 7.02. The van der Waals surface area contributed by atoms with Crippen molar-refractivity contribution in [3.8, 4) is 11.1 Å². The number of fused-ring (bicyclic) bond motifs is 1. The van der Waals surface area contributed by atoms with E-state index in [9.17, 15) is 0 Å². The van der Waals surface area contributed by atoms with E-state index in [4.69, 9.17) is 14.5 Å². The van der Waals surface area contributed by atoms with E-state index in [1.165, 1.54) is 0 Å². The van der Waals surface area contributed by atoms with E-state index in [1.54, 1.807) is 11.8 Å². The van der Waals surface area contributed by atoms with E-state index in [-0.39, 0.29) is 5.92 Å². The number of methoxy groups -OCH3 is 1. The second-order valence-electron chi connectivity index (χ2n) is 9.89. The second-order valence-corrected chi connectivity index (χ2v) is 9.89. The maximum absolute atomic E-state index is 5.98. The Hall–Kier alpha value is -4.08. The molecule has 0 bridgehead atoms. The van der Waals surface area contributed by atoms with Gasteiger partial charge in [0.15, 0.2) is 0 Å². The number of aryl methyl sites for hydroxylation is 1. The fraction of sp³-hybridized carbons (Fsp3) is 0.333. The third-order valence-electron chi connectivity index (χ3n) is 6.84. The first kappa shape index (κ1) is 26.5. The number of aliphatic imine (C=N–C) groups is 1. The van der Waals surface area contributed by atoms with Crippen LogP contribution in [0.5, 0.6) is 0 Å². The van der Waals surface area contributed by atoms with Crippen LogP contribution in [0.3, 0.4) is 0 Å². The molecule has 3 heterocycles. The van der Waals surface area contributed by atoms with Gasteiger partial charge in [-0.1, -0.05) is 42.5 Å². The highest BCUT2D eigenvalue weighted by atomic mass is 16.5. The minimum Gasteiger partial charge on any atom is -0.491 e. The predicted octanol–water partition coefficient (Wildman–Crippen LogP) is 4.31.